The highest BCUT2D eigenvalue weighted by Crippen LogP contribution is 2.42. The average molecular weight is 466 g/mol. The molecule has 1 fully saturated rings. The highest BCUT2D eigenvalue weighted by molar-refractivity contribution is 5.73. The van der Waals surface area contributed by atoms with Gasteiger partial charge in [0, 0.05) is 32.0 Å². The van der Waals surface area contributed by atoms with Crippen LogP contribution in [0.2, 0.25) is 0 Å². The van der Waals surface area contributed by atoms with Crippen LogP contribution in [0.4, 0.5) is 10.3 Å². The minimum atomic E-state index is -0.428. The highest BCUT2D eigenvalue weighted by Gasteiger charge is 2.33. The Morgan fingerprint density at radius 2 is 2.06 bits per heavy atom. The summed E-state index contributed by atoms with van der Waals surface area (Å²) in [5.74, 6) is 2.47. The van der Waals surface area contributed by atoms with Gasteiger partial charge in [0.25, 0.3) is 0 Å². The molecule has 9 heteroatoms. The molecule has 178 valence electrons. The van der Waals surface area contributed by atoms with Crippen LogP contribution in [0, 0.1) is 11.7 Å². The molecule has 0 bridgehead atoms. The molecule has 0 radical (unpaired) electrons. The number of ether oxygens (including phenoxy) is 1. The summed E-state index contributed by atoms with van der Waals surface area (Å²) in [5.41, 5.74) is 3.43. The van der Waals surface area contributed by atoms with Gasteiger partial charge in [0.05, 0.1) is 30.7 Å². The molecular weight excluding hydrogens is 437 g/mol. The number of amides is 1. The Kier molecular flexibility index (Phi) is 6.17. The average Bonchev–Trinajstić information content (AvgIpc) is 3.28. The normalized spacial score (nSPS) is 20.3. The molecule has 1 saturated carbocycles. The van der Waals surface area contributed by atoms with Gasteiger partial charge in [0.15, 0.2) is 11.6 Å². The van der Waals surface area contributed by atoms with Crippen molar-refractivity contribution in [1.29, 1.82) is 0 Å². The second-order valence-electron chi connectivity index (χ2n) is 9.23. The van der Waals surface area contributed by atoms with Gasteiger partial charge in [0.1, 0.15) is 5.75 Å². The summed E-state index contributed by atoms with van der Waals surface area (Å²) in [6.07, 6.45) is 5.29. The number of halogens is 1. The Hall–Kier alpha value is -3.49. The number of benzene rings is 1. The minimum absolute atomic E-state index is 0.0901. The number of anilines is 1. The first-order chi connectivity index (χ1) is 16.4. The number of rotatable bonds is 7. The number of nitrogens with one attached hydrogen (secondary N) is 1. The number of fused-ring (bicyclic) bond motifs is 1. The van der Waals surface area contributed by atoms with Crippen LogP contribution < -0.4 is 15.0 Å². The third kappa shape index (κ3) is 4.88. The first-order valence-corrected chi connectivity index (χ1v) is 11.7. The largest absolute Gasteiger partial charge is 0.493 e. The molecule has 1 N–H and O–H groups in total. The zero-order chi connectivity index (χ0) is 23.7. The monoisotopic (exact) mass is 465 g/mol. The fraction of sp³-hybridized carbons (Fsp3) is 0.440. The van der Waals surface area contributed by atoms with E-state index in [-0.39, 0.29) is 11.9 Å². The van der Waals surface area contributed by atoms with E-state index in [2.05, 4.69) is 37.5 Å². The van der Waals surface area contributed by atoms with Crippen molar-refractivity contribution in [1.82, 2.24) is 20.4 Å². The molecule has 0 unspecified atom stereocenters. The van der Waals surface area contributed by atoms with E-state index >= 15 is 0 Å². The van der Waals surface area contributed by atoms with E-state index in [0.29, 0.717) is 36.7 Å². The summed E-state index contributed by atoms with van der Waals surface area (Å²) >= 11 is 0. The van der Waals surface area contributed by atoms with Crippen LogP contribution >= 0.6 is 0 Å². The maximum absolute atomic E-state index is 13.1. The lowest BCUT2D eigenvalue weighted by molar-refractivity contribution is -0.119. The van der Waals surface area contributed by atoms with Gasteiger partial charge in [-0.25, -0.2) is 14.4 Å². The molecule has 34 heavy (non-hydrogen) atoms. The van der Waals surface area contributed by atoms with Gasteiger partial charge in [-0.15, -0.1) is 0 Å². The van der Waals surface area contributed by atoms with Crippen molar-refractivity contribution >= 4 is 11.9 Å². The van der Waals surface area contributed by atoms with Crippen LogP contribution in [-0.4, -0.2) is 34.2 Å². The lowest BCUT2D eigenvalue weighted by atomic mass is 9.73. The zero-order valence-corrected chi connectivity index (χ0v) is 19.3. The van der Waals surface area contributed by atoms with E-state index in [1.165, 1.54) is 30.4 Å². The second kappa shape index (κ2) is 9.40. The number of nitrogens with zero attached hydrogens (tertiary/aromatic N) is 4. The summed E-state index contributed by atoms with van der Waals surface area (Å²) in [7, 11) is 0. The standard InChI is InChI=1S/C25H28FN5O3/c1-15(29-16(2)32)24-10-23(30-34-24)20-7-17(8-20)14-33-22-4-3-19-13-31(6-5-18(19)9-22)25-27-11-21(26)12-28-25/h3-4,9-12,15,17,20H,5-8,13-14H2,1-2H3,(H,29,32)/t15-,17?,20?/m0/s1. The van der Waals surface area contributed by atoms with Gasteiger partial charge in [-0.3, -0.25) is 4.79 Å². The topological polar surface area (TPSA) is 93.4 Å². The van der Waals surface area contributed by atoms with Crippen molar-refractivity contribution < 1.29 is 18.4 Å². The quantitative estimate of drug-likeness (QED) is 0.565. The third-order valence-electron chi connectivity index (χ3n) is 6.61. The molecule has 0 spiro atoms. The second-order valence-corrected chi connectivity index (χ2v) is 9.23. The van der Waals surface area contributed by atoms with Crippen molar-refractivity contribution in [2.24, 2.45) is 5.92 Å². The van der Waals surface area contributed by atoms with Crippen molar-refractivity contribution in [3.8, 4) is 5.75 Å². The van der Waals surface area contributed by atoms with Gasteiger partial charge in [-0.1, -0.05) is 11.2 Å². The lowest BCUT2D eigenvalue weighted by Crippen LogP contribution is -2.31. The van der Waals surface area contributed by atoms with Crippen LogP contribution in [0.1, 0.15) is 61.2 Å². The van der Waals surface area contributed by atoms with Gasteiger partial charge in [-0.2, -0.15) is 0 Å². The Morgan fingerprint density at radius 1 is 1.26 bits per heavy atom. The molecule has 5 rings (SSSR count). The molecule has 2 aromatic heterocycles. The Balaban J connectivity index is 1.10. The van der Waals surface area contributed by atoms with Crippen molar-refractivity contribution in [2.45, 2.75) is 51.6 Å². The Bertz CT molecular complexity index is 1160. The predicted molar refractivity (Wildman–Crippen MR) is 123 cm³/mol. The van der Waals surface area contributed by atoms with Crippen LogP contribution in [0.15, 0.2) is 41.2 Å². The highest BCUT2D eigenvalue weighted by atomic mass is 19.1. The molecule has 8 nitrogen and oxygen atoms in total. The van der Waals surface area contributed by atoms with E-state index in [1.807, 2.05) is 19.1 Å². The lowest BCUT2D eigenvalue weighted by Gasteiger charge is -2.34. The number of aromatic nitrogens is 3. The third-order valence-corrected chi connectivity index (χ3v) is 6.61. The van der Waals surface area contributed by atoms with Crippen molar-refractivity contribution in [3.63, 3.8) is 0 Å². The summed E-state index contributed by atoms with van der Waals surface area (Å²) in [6.45, 7) is 5.54. The van der Waals surface area contributed by atoms with E-state index in [0.717, 1.165) is 37.3 Å². The van der Waals surface area contributed by atoms with E-state index in [9.17, 15) is 9.18 Å². The van der Waals surface area contributed by atoms with Gasteiger partial charge >= 0.3 is 0 Å². The first-order valence-electron chi connectivity index (χ1n) is 11.7. The fourth-order valence-electron chi connectivity index (χ4n) is 4.66. The van der Waals surface area contributed by atoms with Gasteiger partial charge in [-0.05, 0) is 55.4 Å². The SMILES string of the molecule is CC(=O)N[C@@H](C)c1cc(C2CC(COc3ccc4c(c3)CCN(c3ncc(F)cn3)C4)C2)no1. The molecule has 1 aromatic carbocycles. The summed E-state index contributed by atoms with van der Waals surface area (Å²) in [5, 5.41) is 7.01. The molecule has 3 heterocycles. The van der Waals surface area contributed by atoms with Gasteiger partial charge in [0.2, 0.25) is 11.9 Å². The molecule has 2 aliphatic rings. The number of carbonyl (C=O) groups is 1. The van der Waals surface area contributed by atoms with E-state index in [1.54, 1.807) is 0 Å². The zero-order valence-electron chi connectivity index (χ0n) is 19.3. The number of hydrogen-bond donors (Lipinski definition) is 1. The fourth-order valence-corrected chi connectivity index (χ4v) is 4.66. The van der Waals surface area contributed by atoms with Crippen molar-refractivity contribution in [2.75, 3.05) is 18.1 Å². The first kappa shape index (κ1) is 22.3. The summed E-state index contributed by atoms with van der Waals surface area (Å²) in [4.78, 5) is 21.5. The maximum Gasteiger partial charge on any atom is 0.225 e. The molecule has 1 aliphatic carbocycles. The molecular formula is C25H28FN5O3. The van der Waals surface area contributed by atoms with E-state index < -0.39 is 5.82 Å². The molecule has 1 aliphatic heterocycles. The van der Waals surface area contributed by atoms with Crippen LogP contribution in [0.3, 0.4) is 0 Å². The predicted octanol–water partition coefficient (Wildman–Crippen LogP) is 3.94. The van der Waals surface area contributed by atoms with E-state index in [4.69, 9.17) is 9.26 Å². The van der Waals surface area contributed by atoms with Crippen LogP contribution in [0.5, 0.6) is 5.75 Å². The number of carbonyl (C=O) groups excluding carboxylic acids is 1. The molecule has 1 amide bonds. The summed E-state index contributed by atoms with van der Waals surface area (Å²) < 4.78 is 24.6. The van der Waals surface area contributed by atoms with Crippen LogP contribution in [-0.2, 0) is 17.8 Å². The van der Waals surface area contributed by atoms with Crippen LogP contribution in [0.25, 0.3) is 0 Å². The Morgan fingerprint density at radius 3 is 2.82 bits per heavy atom. The summed E-state index contributed by atoms with van der Waals surface area (Å²) in [6, 6.07) is 8.00. The smallest absolute Gasteiger partial charge is 0.225 e. The Labute approximate surface area is 197 Å². The molecule has 0 saturated heterocycles. The van der Waals surface area contributed by atoms with Gasteiger partial charge < -0.3 is 19.5 Å². The van der Waals surface area contributed by atoms with Crippen molar-refractivity contribution in [3.05, 3.63) is 65.1 Å². The molecule has 1 atom stereocenters. The minimum Gasteiger partial charge on any atom is -0.493 e. The molecule has 3 aromatic rings. The maximum atomic E-state index is 13.1. The number of hydrogen-bond acceptors (Lipinski definition) is 7.